The van der Waals surface area contributed by atoms with Crippen molar-refractivity contribution in [3.63, 3.8) is 0 Å². The minimum absolute atomic E-state index is 0.524. The van der Waals surface area contributed by atoms with E-state index in [4.69, 9.17) is 5.11 Å². The highest BCUT2D eigenvalue weighted by atomic mass is 32.1. The summed E-state index contributed by atoms with van der Waals surface area (Å²) in [6.45, 7) is 0.524. The fourth-order valence-electron chi connectivity index (χ4n) is 1.49. The molecule has 4 nitrogen and oxygen atoms in total. The molecule has 1 unspecified atom stereocenters. The number of nitrogens with one attached hydrogen (secondary N) is 1. The number of hydrogen-bond acceptors (Lipinski definition) is 4. The summed E-state index contributed by atoms with van der Waals surface area (Å²) in [6.07, 6.45) is 1.58. The smallest absolute Gasteiger partial charge is 0.326 e. The first kappa shape index (κ1) is 11.8. The molecule has 1 aromatic carbocycles. The molecule has 2 N–H and O–H groups in total. The second-order valence-corrected chi connectivity index (χ2v) is 4.46. The zero-order valence-corrected chi connectivity index (χ0v) is 9.85. The zero-order chi connectivity index (χ0) is 12.1. The van der Waals surface area contributed by atoms with Crippen LogP contribution in [0.5, 0.6) is 0 Å². The van der Waals surface area contributed by atoms with E-state index >= 15 is 0 Å². The van der Waals surface area contributed by atoms with E-state index in [2.05, 4.69) is 10.3 Å². The number of carbonyl (C=O) groups is 1. The number of hydrogen-bond donors (Lipinski definition) is 2. The molecule has 0 spiro atoms. The molecule has 88 valence electrons. The van der Waals surface area contributed by atoms with Crippen LogP contribution in [0.1, 0.15) is 16.5 Å². The van der Waals surface area contributed by atoms with Crippen molar-refractivity contribution in [3.05, 3.63) is 52.5 Å². The molecule has 0 aliphatic heterocycles. The first-order chi connectivity index (χ1) is 8.27. The number of rotatable bonds is 5. The fraction of sp³-hybridized carbons (Fsp3) is 0.167. The van der Waals surface area contributed by atoms with Gasteiger partial charge in [-0.25, -0.2) is 0 Å². The summed E-state index contributed by atoms with van der Waals surface area (Å²) in [5.41, 5.74) is 2.69. The van der Waals surface area contributed by atoms with Crippen LogP contribution < -0.4 is 5.32 Å². The van der Waals surface area contributed by atoms with E-state index < -0.39 is 12.0 Å². The van der Waals surface area contributed by atoms with Crippen molar-refractivity contribution >= 4 is 17.3 Å². The van der Waals surface area contributed by atoms with Gasteiger partial charge in [-0.3, -0.25) is 15.1 Å². The van der Waals surface area contributed by atoms with Gasteiger partial charge < -0.3 is 5.11 Å². The van der Waals surface area contributed by atoms with Gasteiger partial charge in [0.25, 0.3) is 0 Å². The molecule has 5 heteroatoms. The van der Waals surface area contributed by atoms with Gasteiger partial charge in [0.15, 0.2) is 0 Å². The number of carboxylic acids is 1. The maximum atomic E-state index is 11.1. The highest BCUT2D eigenvalue weighted by molar-refractivity contribution is 7.09. The van der Waals surface area contributed by atoms with Crippen LogP contribution in [0.25, 0.3) is 0 Å². The lowest BCUT2D eigenvalue weighted by Crippen LogP contribution is -2.27. The third kappa shape index (κ3) is 3.12. The van der Waals surface area contributed by atoms with E-state index in [9.17, 15) is 4.79 Å². The molecule has 0 saturated heterocycles. The van der Waals surface area contributed by atoms with Crippen LogP contribution in [0.4, 0.5) is 0 Å². The topological polar surface area (TPSA) is 62.2 Å². The van der Waals surface area contributed by atoms with E-state index in [0.717, 1.165) is 5.56 Å². The molecule has 0 saturated carbocycles. The Morgan fingerprint density at radius 3 is 2.76 bits per heavy atom. The molecular weight excluding hydrogens is 236 g/mol. The van der Waals surface area contributed by atoms with Gasteiger partial charge in [0.1, 0.15) is 6.04 Å². The van der Waals surface area contributed by atoms with Gasteiger partial charge in [0.2, 0.25) is 0 Å². The van der Waals surface area contributed by atoms with Crippen LogP contribution in [0, 0.1) is 0 Å². The zero-order valence-electron chi connectivity index (χ0n) is 9.04. The Labute approximate surface area is 103 Å². The van der Waals surface area contributed by atoms with Crippen molar-refractivity contribution < 1.29 is 9.90 Å². The molecule has 1 atom stereocenters. The van der Waals surface area contributed by atoms with Gasteiger partial charge in [-0.15, -0.1) is 11.3 Å². The lowest BCUT2D eigenvalue weighted by molar-refractivity contribution is -0.139. The van der Waals surface area contributed by atoms with Crippen LogP contribution in [-0.2, 0) is 11.3 Å². The molecule has 0 aliphatic carbocycles. The van der Waals surface area contributed by atoms with Crippen molar-refractivity contribution in [3.8, 4) is 0 Å². The number of carboxylic acid groups (broad SMARTS) is 1. The van der Waals surface area contributed by atoms with Crippen LogP contribution >= 0.6 is 11.3 Å². The minimum Gasteiger partial charge on any atom is -0.480 e. The molecule has 17 heavy (non-hydrogen) atoms. The SMILES string of the molecule is O=C(O)C(NCc1ccccc1)c1cncs1. The van der Waals surface area contributed by atoms with Crippen molar-refractivity contribution in [1.29, 1.82) is 0 Å². The monoisotopic (exact) mass is 248 g/mol. The molecule has 0 aliphatic rings. The van der Waals surface area contributed by atoms with Gasteiger partial charge >= 0.3 is 5.97 Å². The molecule has 0 amide bonds. The van der Waals surface area contributed by atoms with E-state index in [1.165, 1.54) is 11.3 Å². The summed E-state index contributed by atoms with van der Waals surface area (Å²) in [4.78, 5) is 15.7. The molecule has 0 fully saturated rings. The van der Waals surface area contributed by atoms with E-state index in [-0.39, 0.29) is 0 Å². The second kappa shape index (κ2) is 5.56. The number of nitrogens with zero attached hydrogens (tertiary/aromatic N) is 1. The Balaban J connectivity index is 2.03. The quantitative estimate of drug-likeness (QED) is 0.850. The number of aliphatic carboxylic acids is 1. The highest BCUT2D eigenvalue weighted by Gasteiger charge is 2.20. The van der Waals surface area contributed by atoms with Crippen LogP contribution in [0.3, 0.4) is 0 Å². The molecule has 2 rings (SSSR count). The lowest BCUT2D eigenvalue weighted by atomic mass is 10.2. The standard InChI is InChI=1S/C12H12N2O2S/c15-12(16)11(10-7-13-8-17-10)14-6-9-4-2-1-3-5-9/h1-5,7-8,11,14H,6H2,(H,15,16). The molecule has 1 heterocycles. The third-order valence-corrected chi connectivity index (χ3v) is 3.18. The van der Waals surface area contributed by atoms with Crippen LogP contribution in [-0.4, -0.2) is 16.1 Å². The average molecular weight is 248 g/mol. The van der Waals surface area contributed by atoms with Gasteiger partial charge in [0, 0.05) is 12.7 Å². The minimum atomic E-state index is -0.884. The Hall–Kier alpha value is -1.72. The van der Waals surface area contributed by atoms with Crippen molar-refractivity contribution in [1.82, 2.24) is 10.3 Å². The Bertz CT molecular complexity index is 471. The predicted molar refractivity (Wildman–Crippen MR) is 65.8 cm³/mol. The van der Waals surface area contributed by atoms with Gasteiger partial charge in [-0.2, -0.15) is 0 Å². The predicted octanol–water partition coefficient (Wildman–Crippen LogP) is 2.06. The molecule has 0 bridgehead atoms. The summed E-state index contributed by atoms with van der Waals surface area (Å²) < 4.78 is 0. The highest BCUT2D eigenvalue weighted by Crippen LogP contribution is 2.17. The summed E-state index contributed by atoms with van der Waals surface area (Å²) in [7, 11) is 0. The summed E-state index contributed by atoms with van der Waals surface area (Å²) >= 11 is 1.34. The second-order valence-electron chi connectivity index (χ2n) is 3.54. The molecular formula is C12H12N2O2S. The number of aromatic nitrogens is 1. The van der Waals surface area contributed by atoms with Crippen molar-refractivity contribution in [2.75, 3.05) is 0 Å². The van der Waals surface area contributed by atoms with Crippen molar-refractivity contribution in [2.24, 2.45) is 0 Å². The third-order valence-electron chi connectivity index (χ3n) is 2.34. The number of benzene rings is 1. The molecule has 1 aromatic heterocycles. The van der Waals surface area contributed by atoms with Crippen molar-refractivity contribution in [2.45, 2.75) is 12.6 Å². The Kier molecular flexibility index (Phi) is 3.85. The Morgan fingerprint density at radius 2 is 2.18 bits per heavy atom. The number of thiazole rings is 1. The summed E-state index contributed by atoms with van der Waals surface area (Å²) in [5, 5.41) is 12.1. The summed E-state index contributed by atoms with van der Waals surface area (Å²) in [6, 6.07) is 9.01. The maximum absolute atomic E-state index is 11.1. The first-order valence-corrected chi connectivity index (χ1v) is 6.04. The average Bonchev–Trinajstić information content (AvgIpc) is 2.84. The first-order valence-electron chi connectivity index (χ1n) is 5.16. The van der Waals surface area contributed by atoms with Crippen LogP contribution in [0.2, 0.25) is 0 Å². The normalized spacial score (nSPS) is 12.2. The molecule has 2 aromatic rings. The lowest BCUT2D eigenvalue weighted by Gasteiger charge is -2.12. The van der Waals surface area contributed by atoms with E-state index in [0.29, 0.717) is 11.4 Å². The fourth-order valence-corrected chi connectivity index (χ4v) is 2.18. The Morgan fingerprint density at radius 1 is 1.41 bits per heavy atom. The van der Waals surface area contributed by atoms with Gasteiger partial charge in [-0.05, 0) is 5.56 Å². The maximum Gasteiger partial charge on any atom is 0.326 e. The van der Waals surface area contributed by atoms with E-state index in [1.54, 1.807) is 11.7 Å². The summed E-state index contributed by atoms with van der Waals surface area (Å²) in [5.74, 6) is -0.884. The van der Waals surface area contributed by atoms with Gasteiger partial charge in [0.05, 0.1) is 10.4 Å². The van der Waals surface area contributed by atoms with Gasteiger partial charge in [-0.1, -0.05) is 30.3 Å². The van der Waals surface area contributed by atoms with Crippen LogP contribution in [0.15, 0.2) is 42.0 Å². The molecule has 0 radical (unpaired) electrons. The van der Waals surface area contributed by atoms with E-state index in [1.807, 2.05) is 30.3 Å². The largest absolute Gasteiger partial charge is 0.480 e.